The highest BCUT2D eigenvalue weighted by molar-refractivity contribution is 7.98. The van der Waals surface area contributed by atoms with E-state index < -0.39 is 12.0 Å². The predicted molar refractivity (Wildman–Crippen MR) is 86.6 cm³/mol. The minimum atomic E-state index is -0.848. The fourth-order valence-electron chi connectivity index (χ4n) is 2.49. The highest BCUT2D eigenvalue weighted by atomic mass is 32.2. The third-order valence-corrected chi connectivity index (χ3v) is 4.22. The molecule has 2 atom stereocenters. The fourth-order valence-corrected chi connectivity index (χ4v) is 2.98. The minimum absolute atomic E-state index is 0.252. The summed E-state index contributed by atoms with van der Waals surface area (Å²) in [7, 11) is 0. The van der Waals surface area contributed by atoms with Crippen molar-refractivity contribution < 1.29 is 9.90 Å². The molecule has 3 N–H and O–H groups in total. The number of carboxylic acids is 1. The molecule has 1 aromatic carbocycles. The molecule has 0 bridgehead atoms. The van der Waals surface area contributed by atoms with Crippen molar-refractivity contribution in [1.29, 1.82) is 0 Å². The van der Waals surface area contributed by atoms with Gasteiger partial charge < -0.3 is 15.4 Å². The Bertz CT molecular complexity index is 626. The first-order valence-corrected chi connectivity index (χ1v) is 8.43. The Labute approximate surface area is 128 Å². The number of nitrogens with two attached hydrogens (primary N) is 1. The monoisotopic (exact) mass is 307 g/mol. The summed E-state index contributed by atoms with van der Waals surface area (Å²) in [6.45, 7) is 1.87. The molecule has 21 heavy (non-hydrogen) atoms. The van der Waals surface area contributed by atoms with Crippen LogP contribution in [-0.2, 0) is 4.79 Å². The van der Waals surface area contributed by atoms with Gasteiger partial charge in [0.2, 0.25) is 0 Å². The number of rotatable bonds is 7. The standard InChI is InChI=1S/C15H21N3O2S/c1-3-12(15(19)20)18-13-7-5-4-6-11(13)17-14(18)10(16)8-9-21-2/h4-7,10,12H,3,8-9,16H2,1-2H3,(H,19,20). The van der Waals surface area contributed by atoms with Gasteiger partial charge in [0.25, 0.3) is 0 Å². The smallest absolute Gasteiger partial charge is 0.326 e. The van der Waals surface area contributed by atoms with Gasteiger partial charge in [-0.25, -0.2) is 9.78 Å². The van der Waals surface area contributed by atoms with Crippen molar-refractivity contribution in [2.24, 2.45) is 5.73 Å². The summed E-state index contributed by atoms with van der Waals surface area (Å²) in [5.74, 6) is 0.743. The van der Waals surface area contributed by atoms with Gasteiger partial charge in [-0.1, -0.05) is 19.1 Å². The van der Waals surface area contributed by atoms with E-state index in [2.05, 4.69) is 4.98 Å². The van der Waals surface area contributed by atoms with E-state index in [1.165, 1.54) is 0 Å². The molecule has 0 saturated carbocycles. The number of carboxylic acid groups (broad SMARTS) is 1. The average Bonchev–Trinajstić information content (AvgIpc) is 2.85. The highest BCUT2D eigenvalue weighted by Gasteiger charge is 2.25. The summed E-state index contributed by atoms with van der Waals surface area (Å²) < 4.78 is 1.79. The summed E-state index contributed by atoms with van der Waals surface area (Å²) in [4.78, 5) is 16.2. The number of para-hydroxylation sites is 2. The third kappa shape index (κ3) is 3.22. The molecule has 1 heterocycles. The largest absolute Gasteiger partial charge is 0.480 e. The van der Waals surface area contributed by atoms with E-state index in [1.54, 1.807) is 16.3 Å². The van der Waals surface area contributed by atoms with Crippen LogP contribution >= 0.6 is 11.8 Å². The summed E-state index contributed by atoms with van der Waals surface area (Å²) in [6.07, 6.45) is 3.31. The van der Waals surface area contributed by atoms with Gasteiger partial charge in [-0.2, -0.15) is 11.8 Å². The van der Waals surface area contributed by atoms with Gasteiger partial charge in [-0.05, 0) is 37.0 Å². The van der Waals surface area contributed by atoms with Crippen molar-refractivity contribution in [3.05, 3.63) is 30.1 Å². The van der Waals surface area contributed by atoms with Crippen LogP contribution in [0.15, 0.2) is 24.3 Å². The van der Waals surface area contributed by atoms with Crippen LogP contribution in [0.3, 0.4) is 0 Å². The zero-order valence-electron chi connectivity index (χ0n) is 12.3. The van der Waals surface area contributed by atoms with E-state index in [0.717, 1.165) is 23.2 Å². The second-order valence-electron chi connectivity index (χ2n) is 4.98. The van der Waals surface area contributed by atoms with Crippen molar-refractivity contribution in [2.75, 3.05) is 12.0 Å². The molecule has 0 saturated heterocycles. The molecule has 0 aliphatic carbocycles. The lowest BCUT2D eigenvalue weighted by molar-refractivity contribution is -0.140. The van der Waals surface area contributed by atoms with Crippen LogP contribution in [0.1, 0.15) is 37.7 Å². The lowest BCUT2D eigenvalue weighted by Crippen LogP contribution is -2.24. The van der Waals surface area contributed by atoms with Gasteiger partial charge in [-0.15, -0.1) is 0 Å². The van der Waals surface area contributed by atoms with Gasteiger partial charge in [0.15, 0.2) is 0 Å². The molecule has 114 valence electrons. The first kappa shape index (κ1) is 15.9. The Morgan fingerprint density at radius 1 is 1.48 bits per heavy atom. The Morgan fingerprint density at radius 3 is 2.81 bits per heavy atom. The second-order valence-corrected chi connectivity index (χ2v) is 5.96. The molecule has 0 radical (unpaired) electrons. The van der Waals surface area contributed by atoms with Gasteiger partial charge in [-0.3, -0.25) is 0 Å². The zero-order valence-corrected chi connectivity index (χ0v) is 13.1. The number of fused-ring (bicyclic) bond motifs is 1. The summed E-state index contributed by atoms with van der Waals surface area (Å²) in [5.41, 5.74) is 7.88. The van der Waals surface area contributed by atoms with E-state index in [1.807, 2.05) is 37.4 Å². The molecule has 1 aromatic heterocycles. The molecule has 5 nitrogen and oxygen atoms in total. The number of hydrogen-bond acceptors (Lipinski definition) is 4. The first-order valence-electron chi connectivity index (χ1n) is 7.04. The lowest BCUT2D eigenvalue weighted by Gasteiger charge is -2.19. The number of aromatic nitrogens is 2. The van der Waals surface area contributed by atoms with E-state index in [4.69, 9.17) is 5.73 Å². The number of carbonyl (C=O) groups is 1. The van der Waals surface area contributed by atoms with Crippen LogP contribution in [0.5, 0.6) is 0 Å². The van der Waals surface area contributed by atoms with Crippen LogP contribution in [0.25, 0.3) is 11.0 Å². The molecular weight excluding hydrogens is 286 g/mol. The van der Waals surface area contributed by atoms with Gasteiger partial charge in [0, 0.05) is 0 Å². The third-order valence-electron chi connectivity index (χ3n) is 3.57. The molecule has 2 aromatic rings. The Balaban J connectivity index is 2.55. The van der Waals surface area contributed by atoms with Crippen LogP contribution in [0, 0.1) is 0 Å². The minimum Gasteiger partial charge on any atom is -0.480 e. The topological polar surface area (TPSA) is 81.1 Å². The number of imidazole rings is 1. The maximum atomic E-state index is 11.6. The van der Waals surface area contributed by atoms with Crippen LogP contribution in [0.4, 0.5) is 0 Å². The summed E-state index contributed by atoms with van der Waals surface area (Å²) in [6, 6.07) is 6.71. The molecule has 0 amide bonds. The SMILES string of the molecule is CCC(C(=O)O)n1c(C(N)CCSC)nc2ccccc21. The molecule has 0 spiro atoms. The van der Waals surface area contributed by atoms with Crippen molar-refractivity contribution in [2.45, 2.75) is 31.8 Å². The normalized spacial score (nSPS) is 14.2. The highest BCUT2D eigenvalue weighted by Crippen LogP contribution is 2.27. The quantitative estimate of drug-likeness (QED) is 0.822. The van der Waals surface area contributed by atoms with Gasteiger partial charge >= 0.3 is 5.97 Å². The van der Waals surface area contributed by atoms with Crippen molar-refractivity contribution in [3.63, 3.8) is 0 Å². The Kier molecular flexibility index (Phi) is 5.25. The van der Waals surface area contributed by atoms with Crippen LogP contribution in [-0.4, -0.2) is 32.6 Å². The van der Waals surface area contributed by atoms with Crippen LogP contribution < -0.4 is 5.73 Å². The maximum absolute atomic E-state index is 11.6. The number of aliphatic carboxylic acids is 1. The summed E-state index contributed by atoms with van der Waals surface area (Å²) in [5, 5.41) is 9.49. The Morgan fingerprint density at radius 2 is 2.19 bits per heavy atom. The predicted octanol–water partition coefficient (Wildman–Crippen LogP) is 2.82. The average molecular weight is 307 g/mol. The number of hydrogen-bond donors (Lipinski definition) is 2. The van der Waals surface area contributed by atoms with Gasteiger partial charge in [0.05, 0.1) is 17.1 Å². The van der Waals surface area contributed by atoms with Crippen molar-refractivity contribution >= 4 is 28.8 Å². The molecule has 2 unspecified atom stereocenters. The Hall–Kier alpha value is -1.53. The number of nitrogens with zero attached hydrogens (tertiary/aromatic N) is 2. The maximum Gasteiger partial charge on any atom is 0.326 e. The van der Waals surface area contributed by atoms with Crippen molar-refractivity contribution in [1.82, 2.24) is 9.55 Å². The van der Waals surface area contributed by atoms with E-state index in [-0.39, 0.29) is 6.04 Å². The summed E-state index contributed by atoms with van der Waals surface area (Å²) >= 11 is 1.72. The van der Waals surface area contributed by atoms with Crippen molar-refractivity contribution in [3.8, 4) is 0 Å². The van der Waals surface area contributed by atoms with Gasteiger partial charge in [0.1, 0.15) is 11.9 Å². The van der Waals surface area contributed by atoms with E-state index in [9.17, 15) is 9.90 Å². The molecule has 0 aliphatic rings. The molecular formula is C15H21N3O2S. The molecule has 2 rings (SSSR count). The van der Waals surface area contributed by atoms with E-state index >= 15 is 0 Å². The zero-order chi connectivity index (χ0) is 15.4. The molecule has 6 heteroatoms. The number of benzene rings is 1. The molecule has 0 aliphatic heterocycles. The first-order chi connectivity index (χ1) is 10.1. The molecule has 0 fully saturated rings. The van der Waals surface area contributed by atoms with Crippen LogP contribution in [0.2, 0.25) is 0 Å². The lowest BCUT2D eigenvalue weighted by atomic mass is 10.1. The number of thioether (sulfide) groups is 1. The van der Waals surface area contributed by atoms with E-state index in [0.29, 0.717) is 12.2 Å². The second kappa shape index (κ2) is 6.95. The fraction of sp³-hybridized carbons (Fsp3) is 0.467.